The molecular formula is C15H25NS. The normalized spacial score (nSPS) is 10.7. The average molecular weight is 251 g/mol. The van der Waals surface area contributed by atoms with Gasteiger partial charge >= 0.3 is 0 Å². The molecule has 0 spiro atoms. The Bertz CT molecular complexity index is 281. The fourth-order valence-corrected chi connectivity index (χ4v) is 2.72. The maximum absolute atomic E-state index is 3.17. The Balaban J connectivity index is 2.14. The third-order valence-corrected chi connectivity index (χ3v) is 3.92. The summed E-state index contributed by atoms with van der Waals surface area (Å²) in [5.74, 6) is 1.26. The lowest BCUT2D eigenvalue weighted by molar-refractivity contribution is 0.659. The molecule has 0 aliphatic rings. The van der Waals surface area contributed by atoms with Gasteiger partial charge in [-0.25, -0.2) is 0 Å². The van der Waals surface area contributed by atoms with Crippen molar-refractivity contribution in [1.29, 1.82) is 0 Å². The van der Waals surface area contributed by atoms with Gasteiger partial charge in [0.1, 0.15) is 0 Å². The van der Waals surface area contributed by atoms with E-state index >= 15 is 0 Å². The molecular weight excluding hydrogens is 226 g/mol. The Kier molecular flexibility index (Phi) is 8.20. The van der Waals surface area contributed by atoms with E-state index in [9.17, 15) is 0 Å². The third-order valence-electron chi connectivity index (χ3n) is 2.82. The highest BCUT2D eigenvalue weighted by Gasteiger charge is 1.95. The van der Waals surface area contributed by atoms with Gasteiger partial charge < -0.3 is 5.32 Å². The van der Waals surface area contributed by atoms with Crippen LogP contribution >= 0.6 is 11.8 Å². The summed E-state index contributed by atoms with van der Waals surface area (Å²) in [5.41, 5.74) is 1.36. The smallest absolute Gasteiger partial charge is 0.0202 e. The van der Waals surface area contributed by atoms with E-state index in [1.807, 2.05) is 18.8 Å². The van der Waals surface area contributed by atoms with Crippen LogP contribution in [0.3, 0.4) is 0 Å². The lowest BCUT2D eigenvalue weighted by Crippen LogP contribution is -2.04. The summed E-state index contributed by atoms with van der Waals surface area (Å²) in [6, 6.07) is 8.92. The number of hydrogen-bond donors (Lipinski definition) is 1. The molecule has 1 aromatic carbocycles. The molecule has 0 heterocycles. The highest BCUT2D eigenvalue weighted by molar-refractivity contribution is 7.99. The van der Waals surface area contributed by atoms with Gasteiger partial charge in [-0.1, -0.05) is 44.7 Å². The summed E-state index contributed by atoms with van der Waals surface area (Å²) < 4.78 is 0. The van der Waals surface area contributed by atoms with E-state index in [0.717, 1.165) is 6.54 Å². The molecule has 96 valence electrons. The summed E-state index contributed by atoms with van der Waals surface area (Å²) in [4.78, 5) is 1.40. The minimum atomic E-state index is 0.960. The van der Waals surface area contributed by atoms with Crippen LogP contribution in [-0.4, -0.2) is 12.8 Å². The van der Waals surface area contributed by atoms with Crippen LogP contribution in [0.4, 0.5) is 0 Å². The molecule has 0 radical (unpaired) electrons. The molecule has 0 amide bonds. The number of thioether (sulfide) groups is 1. The Morgan fingerprint density at radius 1 is 1.00 bits per heavy atom. The van der Waals surface area contributed by atoms with Gasteiger partial charge in [0.25, 0.3) is 0 Å². The van der Waals surface area contributed by atoms with Crippen LogP contribution in [-0.2, 0) is 6.54 Å². The first-order valence-corrected chi connectivity index (χ1v) is 7.71. The molecule has 17 heavy (non-hydrogen) atoms. The molecule has 1 aromatic rings. The van der Waals surface area contributed by atoms with E-state index in [4.69, 9.17) is 0 Å². The van der Waals surface area contributed by atoms with E-state index in [1.165, 1.54) is 48.3 Å². The summed E-state index contributed by atoms with van der Waals surface area (Å²) in [6.45, 7) is 3.23. The van der Waals surface area contributed by atoms with Crippen LogP contribution in [0.5, 0.6) is 0 Å². The Labute approximate surface area is 110 Å². The SMILES string of the molecule is CCCCCCCSc1ccc(CNC)cc1. The predicted octanol–water partition coefficient (Wildman–Crippen LogP) is 4.47. The van der Waals surface area contributed by atoms with Crippen molar-refractivity contribution in [2.24, 2.45) is 0 Å². The maximum atomic E-state index is 3.17. The molecule has 0 fully saturated rings. The van der Waals surface area contributed by atoms with Gasteiger partial charge in [0.15, 0.2) is 0 Å². The zero-order chi connectivity index (χ0) is 12.3. The van der Waals surface area contributed by atoms with E-state index in [-0.39, 0.29) is 0 Å². The first-order valence-electron chi connectivity index (χ1n) is 6.73. The zero-order valence-electron chi connectivity index (χ0n) is 11.2. The van der Waals surface area contributed by atoms with Crippen molar-refractivity contribution in [3.8, 4) is 0 Å². The van der Waals surface area contributed by atoms with Crippen molar-refractivity contribution in [3.05, 3.63) is 29.8 Å². The van der Waals surface area contributed by atoms with Crippen LogP contribution in [0.25, 0.3) is 0 Å². The van der Waals surface area contributed by atoms with Gasteiger partial charge in [-0.15, -0.1) is 11.8 Å². The summed E-state index contributed by atoms with van der Waals surface area (Å²) in [7, 11) is 1.99. The van der Waals surface area contributed by atoms with Gasteiger partial charge in [0.2, 0.25) is 0 Å². The molecule has 0 saturated carbocycles. The van der Waals surface area contributed by atoms with Crippen molar-refractivity contribution in [2.75, 3.05) is 12.8 Å². The van der Waals surface area contributed by atoms with Crippen molar-refractivity contribution >= 4 is 11.8 Å². The fraction of sp³-hybridized carbons (Fsp3) is 0.600. The lowest BCUT2D eigenvalue weighted by Gasteiger charge is -2.04. The van der Waals surface area contributed by atoms with E-state index in [0.29, 0.717) is 0 Å². The third kappa shape index (κ3) is 6.75. The first-order chi connectivity index (χ1) is 8.36. The number of hydrogen-bond acceptors (Lipinski definition) is 2. The van der Waals surface area contributed by atoms with Crippen LogP contribution in [0.1, 0.15) is 44.6 Å². The fourth-order valence-electron chi connectivity index (χ4n) is 1.80. The van der Waals surface area contributed by atoms with Crippen LogP contribution < -0.4 is 5.32 Å². The standard InChI is InChI=1S/C15H25NS/c1-3-4-5-6-7-12-17-15-10-8-14(9-11-15)13-16-2/h8-11,16H,3-7,12-13H2,1-2H3. The number of unbranched alkanes of at least 4 members (excludes halogenated alkanes) is 4. The lowest BCUT2D eigenvalue weighted by atomic mass is 10.2. The Morgan fingerprint density at radius 3 is 2.35 bits per heavy atom. The second kappa shape index (κ2) is 9.55. The van der Waals surface area contributed by atoms with Gasteiger partial charge in [-0.05, 0) is 36.9 Å². The molecule has 1 rings (SSSR count). The molecule has 0 aliphatic heterocycles. The summed E-state index contributed by atoms with van der Waals surface area (Å²) >= 11 is 1.98. The van der Waals surface area contributed by atoms with Crippen LogP contribution in [0, 0.1) is 0 Å². The molecule has 0 atom stereocenters. The topological polar surface area (TPSA) is 12.0 Å². The molecule has 1 N–H and O–H groups in total. The van der Waals surface area contributed by atoms with E-state index in [1.54, 1.807) is 0 Å². The second-order valence-corrected chi connectivity index (χ2v) is 5.61. The quantitative estimate of drug-likeness (QED) is 0.513. The van der Waals surface area contributed by atoms with E-state index < -0.39 is 0 Å². The number of benzene rings is 1. The molecule has 0 aliphatic carbocycles. The second-order valence-electron chi connectivity index (χ2n) is 4.44. The van der Waals surface area contributed by atoms with Crippen molar-refractivity contribution < 1.29 is 0 Å². The molecule has 0 saturated heterocycles. The Hall–Kier alpha value is -0.470. The molecule has 2 heteroatoms. The molecule has 0 bridgehead atoms. The van der Waals surface area contributed by atoms with Crippen molar-refractivity contribution in [1.82, 2.24) is 5.32 Å². The molecule has 0 unspecified atom stereocenters. The van der Waals surface area contributed by atoms with Crippen molar-refractivity contribution in [3.63, 3.8) is 0 Å². The van der Waals surface area contributed by atoms with Gasteiger partial charge in [-0.3, -0.25) is 0 Å². The van der Waals surface area contributed by atoms with Gasteiger partial charge in [0, 0.05) is 11.4 Å². The minimum absolute atomic E-state index is 0.960. The summed E-state index contributed by atoms with van der Waals surface area (Å²) in [6.07, 6.45) is 6.86. The summed E-state index contributed by atoms with van der Waals surface area (Å²) in [5, 5.41) is 3.17. The van der Waals surface area contributed by atoms with Crippen LogP contribution in [0.15, 0.2) is 29.2 Å². The van der Waals surface area contributed by atoms with Gasteiger partial charge in [-0.2, -0.15) is 0 Å². The first kappa shape index (κ1) is 14.6. The molecule has 1 nitrogen and oxygen atoms in total. The predicted molar refractivity (Wildman–Crippen MR) is 78.7 cm³/mol. The Morgan fingerprint density at radius 2 is 1.71 bits per heavy atom. The maximum Gasteiger partial charge on any atom is 0.0202 e. The monoisotopic (exact) mass is 251 g/mol. The van der Waals surface area contributed by atoms with Crippen LogP contribution in [0.2, 0.25) is 0 Å². The number of nitrogens with one attached hydrogen (secondary N) is 1. The van der Waals surface area contributed by atoms with Crippen molar-refractivity contribution in [2.45, 2.75) is 50.5 Å². The minimum Gasteiger partial charge on any atom is -0.316 e. The highest BCUT2D eigenvalue weighted by Crippen LogP contribution is 2.20. The average Bonchev–Trinajstić information content (AvgIpc) is 2.36. The molecule has 0 aromatic heterocycles. The highest BCUT2D eigenvalue weighted by atomic mass is 32.2. The van der Waals surface area contributed by atoms with Gasteiger partial charge in [0.05, 0.1) is 0 Å². The zero-order valence-corrected chi connectivity index (χ0v) is 12.0. The largest absolute Gasteiger partial charge is 0.316 e. The van der Waals surface area contributed by atoms with E-state index in [2.05, 4.69) is 36.5 Å². The number of rotatable bonds is 9.